The van der Waals surface area contributed by atoms with Crippen molar-refractivity contribution in [2.75, 3.05) is 11.8 Å². The first-order valence-electron chi connectivity index (χ1n) is 7.69. The quantitative estimate of drug-likeness (QED) is 0.824. The lowest BCUT2D eigenvalue weighted by Crippen LogP contribution is -2.13. The number of hydrogen-bond acceptors (Lipinski definition) is 4. The lowest BCUT2D eigenvalue weighted by Gasteiger charge is -2.10. The first-order chi connectivity index (χ1) is 11.7. The molecule has 0 saturated heterocycles. The number of aryl methyl sites for hydroxylation is 3. The van der Waals surface area contributed by atoms with Crippen LogP contribution in [0.4, 0.5) is 5.69 Å². The Labute approximate surface area is 148 Å². The Hall–Kier alpha value is -2.60. The summed E-state index contributed by atoms with van der Waals surface area (Å²) in [5.41, 5.74) is 4.32. The van der Waals surface area contributed by atoms with Crippen LogP contribution in [0.3, 0.4) is 0 Å². The summed E-state index contributed by atoms with van der Waals surface area (Å²) >= 11 is 0. The SMILES string of the molecule is COC(=O)c1ccccc1NS(=O)(=O)/C=C/c1c(C)cc(C)cc1C. The predicted molar refractivity (Wildman–Crippen MR) is 100 cm³/mol. The number of ether oxygens (including phenoxy) is 1. The van der Waals surface area contributed by atoms with Gasteiger partial charge in [0.25, 0.3) is 10.0 Å². The first-order valence-corrected chi connectivity index (χ1v) is 9.24. The lowest BCUT2D eigenvalue weighted by molar-refractivity contribution is 0.0602. The minimum absolute atomic E-state index is 0.157. The number of rotatable bonds is 5. The summed E-state index contributed by atoms with van der Waals surface area (Å²) in [7, 11) is -2.53. The molecule has 2 rings (SSSR count). The number of sulfonamides is 1. The second-order valence-electron chi connectivity index (χ2n) is 5.80. The van der Waals surface area contributed by atoms with Crippen LogP contribution in [-0.4, -0.2) is 21.5 Å². The monoisotopic (exact) mass is 359 g/mol. The van der Waals surface area contributed by atoms with Crippen molar-refractivity contribution in [2.45, 2.75) is 20.8 Å². The van der Waals surface area contributed by atoms with E-state index < -0.39 is 16.0 Å². The zero-order valence-electron chi connectivity index (χ0n) is 14.7. The maximum atomic E-state index is 12.4. The Morgan fingerprint density at radius 1 is 1.08 bits per heavy atom. The molecule has 0 aliphatic rings. The fraction of sp³-hybridized carbons (Fsp3) is 0.211. The molecule has 0 saturated carbocycles. The highest BCUT2D eigenvalue weighted by molar-refractivity contribution is 7.95. The summed E-state index contributed by atoms with van der Waals surface area (Å²) in [6.07, 6.45) is 1.56. The Kier molecular flexibility index (Phi) is 5.64. The van der Waals surface area contributed by atoms with Gasteiger partial charge in [-0.2, -0.15) is 0 Å². The maximum absolute atomic E-state index is 12.4. The first kappa shape index (κ1) is 18.7. The van der Waals surface area contributed by atoms with Crippen LogP contribution in [0.2, 0.25) is 0 Å². The zero-order valence-corrected chi connectivity index (χ0v) is 15.5. The van der Waals surface area contributed by atoms with Gasteiger partial charge in [0.05, 0.1) is 23.8 Å². The topological polar surface area (TPSA) is 72.5 Å². The van der Waals surface area contributed by atoms with Crippen molar-refractivity contribution in [3.05, 3.63) is 69.6 Å². The molecule has 5 nitrogen and oxygen atoms in total. The number of nitrogens with one attached hydrogen (secondary N) is 1. The van der Waals surface area contributed by atoms with E-state index in [1.807, 2.05) is 32.9 Å². The van der Waals surface area contributed by atoms with Crippen molar-refractivity contribution in [2.24, 2.45) is 0 Å². The molecule has 0 aliphatic heterocycles. The molecule has 2 aromatic rings. The largest absolute Gasteiger partial charge is 0.465 e. The van der Waals surface area contributed by atoms with Gasteiger partial charge in [-0.05, 0) is 55.7 Å². The van der Waals surface area contributed by atoms with Gasteiger partial charge in [0, 0.05) is 0 Å². The molecule has 0 aromatic heterocycles. The predicted octanol–water partition coefficient (Wildman–Crippen LogP) is 3.81. The molecule has 0 atom stereocenters. The summed E-state index contributed by atoms with van der Waals surface area (Å²) in [6.45, 7) is 5.87. The Balaban J connectivity index is 2.31. The van der Waals surface area contributed by atoms with Gasteiger partial charge in [0.15, 0.2) is 0 Å². The summed E-state index contributed by atoms with van der Waals surface area (Å²) in [5, 5.41) is 1.10. The molecule has 1 N–H and O–H groups in total. The average Bonchev–Trinajstić information content (AvgIpc) is 2.53. The lowest BCUT2D eigenvalue weighted by atomic mass is 10.0. The van der Waals surface area contributed by atoms with Crippen LogP contribution in [-0.2, 0) is 14.8 Å². The average molecular weight is 359 g/mol. The minimum Gasteiger partial charge on any atom is -0.465 e. The van der Waals surface area contributed by atoms with Crippen molar-refractivity contribution in [1.82, 2.24) is 0 Å². The number of esters is 1. The molecule has 0 aliphatic carbocycles. The molecule has 0 fully saturated rings. The number of benzene rings is 2. The van der Waals surface area contributed by atoms with Crippen LogP contribution in [0.5, 0.6) is 0 Å². The van der Waals surface area contributed by atoms with Gasteiger partial charge < -0.3 is 4.74 Å². The van der Waals surface area contributed by atoms with Crippen molar-refractivity contribution in [3.63, 3.8) is 0 Å². The van der Waals surface area contributed by atoms with Crippen LogP contribution in [0, 0.1) is 20.8 Å². The van der Waals surface area contributed by atoms with Crippen molar-refractivity contribution >= 4 is 27.8 Å². The standard InChI is InChI=1S/C19H21NO4S/c1-13-11-14(2)16(15(3)12-13)9-10-25(22,23)20-18-8-6-5-7-17(18)19(21)24-4/h5-12,20H,1-4H3/b10-9+. The van der Waals surface area contributed by atoms with Crippen molar-refractivity contribution < 1.29 is 17.9 Å². The van der Waals surface area contributed by atoms with Gasteiger partial charge in [0.1, 0.15) is 0 Å². The number of hydrogen-bond donors (Lipinski definition) is 1. The molecule has 0 spiro atoms. The third-order valence-electron chi connectivity index (χ3n) is 3.74. The van der Waals surface area contributed by atoms with Crippen molar-refractivity contribution in [1.29, 1.82) is 0 Å². The van der Waals surface area contributed by atoms with E-state index >= 15 is 0 Å². The van der Waals surface area contributed by atoms with E-state index in [9.17, 15) is 13.2 Å². The fourth-order valence-electron chi connectivity index (χ4n) is 2.66. The van der Waals surface area contributed by atoms with Gasteiger partial charge in [0.2, 0.25) is 0 Å². The Morgan fingerprint density at radius 3 is 2.28 bits per heavy atom. The molecule has 0 amide bonds. The van der Waals surface area contributed by atoms with E-state index in [4.69, 9.17) is 0 Å². The molecule has 25 heavy (non-hydrogen) atoms. The second-order valence-corrected chi connectivity index (χ2v) is 7.37. The molecule has 0 radical (unpaired) electrons. The number of methoxy groups -OCH3 is 1. The van der Waals surface area contributed by atoms with Gasteiger partial charge in [-0.3, -0.25) is 4.72 Å². The van der Waals surface area contributed by atoms with E-state index in [0.29, 0.717) is 0 Å². The molecule has 2 aromatic carbocycles. The van der Waals surface area contributed by atoms with E-state index in [0.717, 1.165) is 27.7 Å². The van der Waals surface area contributed by atoms with Crippen LogP contribution in [0.1, 0.15) is 32.6 Å². The highest BCUT2D eigenvalue weighted by Gasteiger charge is 2.15. The van der Waals surface area contributed by atoms with Gasteiger partial charge in [-0.25, -0.2) is 13.2 Å². The van der Waals surface area contributed by atoms with E-state index in [1.165, 1.54) is 19.2 Å². The molecule has 0 unspecified atom stereocenters. The Morgan fingerprint density at radius 2 is 1.68 bits per heavy atom. The molecule has 132 valence electrons. The summed E-state index contributed by atoms with van der Waals surface area (Å²) in [6, 6.07) is 10.3. The number of para-hydroxylation sites is 1. The molecular weight excluding hydrogens is 338 g/mol. The third-order valence-corrected chi connectivity index (χ3v) is 4.74. The summed E-state index contributed by atoms with van der Waals surface area (Å²) in [4.78, 5) is 11.7. The third kappa shape index (κ3) is 4.70. The Bertz CT molecular complexity index is 907. The van der Waals surface area contributed by atoms with Crippen LogP contribution < -0.4 is 4.72 Å². The van der Waals surface area contributed by atoms with Crippen LogP contribution in [0.15, 0.2) is 41.8 Å². The highest BCUT2D eigenvalue weighted by atomic mass is 32.2. The van der Waals surface area contributed by atoms with Crippen LogP contribution >= 0.6 is 0 Å². The van der Waals surface area contributed by atoms with Gasteiger partial charge >= 0.3 is 5.97 Å². The van der Waals surface area contributed by atoms with Crippen LogP contribution in [0.25, 0.3) is 6.08 Å². The minimum atomic E-state index is -3.78. The van der Waals surface area contributed by atoms with Crippen molar-refractivity contribution in [3.8, 4) is 0 Å². The van der Waals surface area contributed by atoms with E-state index in [1.54, 1.807) is 18.2 Å². The van der Waals surface area contributed by atoms with Gasteiger partial charge in [-0.1, -0.05) is 29.8 Å². The molecule has 0 heterocycles. The summed E-state index contributed by atoms with van der Waals surface area (Å²) in [5.74, 6) is -0.604. The maximum Gasteiger partial charge on any atom is 0.339 e. The number of carbonyl (C=O) groups is 1. The normalized spacial score (nSPS) is 11.5. The summed E-state index contributed by atoms with van der Waals surface area (Å²) < 4.78 is 31.8. The van der Waals surface area contributed by atoms with E-state index in [-0.39, 0.29) is 11.3 Å². The number of anilines is 1. The second kappa shape index (κ2) is 7.53. The molecule has 6 heteroatoms. The molecular formula is C19H21NO4S. The molecule has 0 bridgehead atoms. The number of carbonyl (C=O) groups excluding carboxylic acids is 1. The van der Waals surface area contributed by atoms with Gasteiger partial charge in [-0.15, -0.1) is 0 Å². The van der Waals surface area contributed by atoms with E-state index in [2.05, 4.69) is 9.46 Å². The fourth-order valence-corrected chi connectivity index (χ4v) is 3.53. The highest BCUT2D eigenvalue weighted by Crippen LogP contribution is 2.21. The smallest absolute Gasteiger partial charge is 0.339 e. The zero-order chi connectivity index (χ0) is 18.6.